The normalized spacial score (nSPS) is 13.6. The molecule has 2 rings (SSSR count). The van der Waals surface area contributed by atoms with Gasteiger partial charge in [0.2, 0.25) is 0 Å². The summed E-state index contributed by atoms with van der Waals surface area (Å²) in [5, 5.41) is 0. The molecular formula is C17H15BrFNO5. The van der Waals surface area contributed by atoms with Crippen LogP contribution in [0.3, 0.4) is 0 Å². The summed E-state index contributed by atoms with van der Waals surface area (Å²) < 4.78 is 29.6. The molecule has 0 saturated heterocycles. The Morgan fingerprint density at radius 1 is 1.08 bits per heavy atom. The summed E-state index contributed by atoms with van der Waals surface area (Å²) in [7, 11) is 3.78. The van der Waals surface area contributed by atoms with Crippen molar-refractivity contribution < 1.29 is 28.2 Å². The van der Waals surface area contributed by atoms with Crippen LogP contribution in [0, 0.1) is 5.82 Å². The monoisotopic (exact) mass is 411 g/mol. The molecule has 8 heteroatoms. The molecule has 0 N–H and O–H groups in total. The summed E-state index contributed by atoms with van der Waals surface area (Å²) in [6.45, 7) is 0. The minimum atomic E-state index is -0.821. The van der Waals surface area contributed by atoms with Crippen molar-refractivity contribution in [1.29, 1.82) is 0 Å². The summed E-state index contributed by atoms with van der Waals surface area (Å²) >= 11 is 3.19. The summed E-state index contributed by atoms with van der Waals surface area (Å²) in [5.74, 6) is -1.86. The molecule has 0 bridgehead atoms. The average Bonchev–Trinajstić information content (AvgIpc) is 2.83. The van der Waals surface area contributed by atoms with Crippen LogP contribution in [0.2, 0.25) is 0 Å². The number of nitrogens with zero attached hydrogens (tertiary/aromatic N) is 1. The molecule has 0 spiro atoms. The summed E-state index contributed by atoms with van der Waals surface area (Å²) in [4.78, 5) is 25.6. The predicted molar refractivity (Wildman–Crippen MR) is 92.5 cm³/mol. The molecule has 6 nitrogen and oxygen atoms in total. The number of carbonyl (C=O) groups excluding carboxylic acids is 2. The Hall–Kier alpha value is -2.61. The van der Waals surface area contributed by atoms with E-state index in [0.717, 1.165) is 0 Å². The molecule has 0 saturated carbocycles. The number of esters is 2. The Labute approximate surface area is 152 Å². The number of carbonyl (C=O) groups is 2. The average molecular weight is 412 g/mol. The zero-order chi connectivity index (χ0) is 18.6. The van der Waals surface area contributed by atoms with Crippen molar-refractivity contribution >= 4 is 33.6 Å². The van der Waals surface area contributed by atoms with Crippen LogP contribution in [0.4, 0.5) is 10.1 Å². The van der Waals surface area contributed by atoms with E-state index in [4.69, 9.17) is 14.2 Å². The lowest BCUT2D eigenvalue weighted by Crippen LogP contribution is -2.27. The van der Waals surface area contributed by atoms with E-state index in [2.05, 4.69) is 15.9 Å². The lowest BCUT2D eigenvalue weighted by atomic mass is 10.1. The third kappa shape index (κ3) is 3.74. The summed E-state index contributed by atoms with van der Waals surface area (Å²) in [6.07, 6.45) is 5.91. The number of hydrogen-bond acceptors (Lipinski definition) is 6. The van der Waals surface area contributed by atoms with Gasteiger partial charge in [-0.05, 0) is 34.1 Å². The Bertz CT molecular complexity index is 800. The third-order valence-electron chi connectivity index (χ3n) is 3.37. The summed E-state index contributed by atoms with van der Waals surface area (Å²) in [6, 6.07) is 2.60. The second-order valence-corrected chi connectivity index (χ2v) is 5.61. The second kappa shape index (κ2) is 7.98. The summed E-state index contributed by atoms with van der Waals surface area (Å²) in [5.41, 5.74) is -0.245. The van der Waals surface area contributed by atoms with E-state index in [1.54, 1.807) is 6.08 Å². The number of halogens is 2. The maximum atomic E-state index is 14.6. The van der Waals surface area contributed by atoms with Crippen molar-refractivity contribution in [2.45, 2.75) is 0 Å². The number of anilines is 1. The van der Waals surface area contributed by atoms with Gasteiger partial charge in [0, 0.05) is 12.3 Å². The van der Waals surface area contributed by atoms with E-state index >= 15 is 0 Å². The topological polar surface area (TPSA) is 65.1 Å². The van der Waals surface area contributed by atoms with Crippen LogP contribution in [-0.4, -0.2) is 33.3 Å². The van der Waals surface area contributed by atoms with Gasteiger partial charge in [-0.3, -0.25) is 0 Å². The van der Waals surface area contributed by atoms with Crippen LogP contribution in [-0.2, 0) is 19.1 Å². The van der Waals surface area contributed by atoms with Gasteiger partial charge >= 0.3 is 11.9 Å². The molecule has 132 valence electrons. The van der Waals surface area contributed by atoms with E-state index in [1.807, 2.05) is 0 Å². The van der Waals surface area contributed by atoms with Crippen molar-refractivity contribution in [1.82, 2.24) is 0 Å². The van der Waals surface area contributed by atoms with Crippen molar-refractivity contribution in [3.05, 3.63) is 58.1 Å². The first-order chi connectivity index (χ1) is 11.9. The van der Waals surface area contributed by atoms with Crippen molar-refractivity contribution in [2.75, 3.05) is 26.2 Å². The van der Waals surface area contributed by atoms with Crippen LogP contribution in [0.15, 0.2) is 52.3 Å². The van der Waals surface area contributed by atoms with Gasteiger partial charge in [-0.1, -0.05) is 6.08 Å². The maximum absolute atomic E-state index is 14.6. The van der Waals surface area contributed by atoms with Crippen LogP contribution >= 0.6 is 15.9 Å². The fourth-order valence-electron chi connectivity index (χ4n) is 2.21. The van der Waals surface area contributed by atoms with Gasteiger partial charge in [-0.2, -0.15) is 0 Å². The highest BCUT2D eigenvalue weighted by Crippen LogP contribution is 2.35. The number of rotatable bonds is 4. The molecule has 0 atom stereocenters. The molecule has 0 amide bonds. The molecule has 0 unspecified atom stereocenters. The highest BCUT2D eigenvalue weighted by atomic mass is 79.9. The van der Waals surface area contributed by atoms with Crippen molar-refractivity contribution in [2.24, 2.45) is 0 Å². The van der Waals surface area contributed by atoms with Crippen LogP contribution in [0.25, 0.3) is 0 Å². The highest BCUT2D eigenvalue weighted by molar-refractivity contribution is 9.10. The predicted octanol–water partition coefficient (Wildman–Crippen LogP) is 3.09. The van der Waals surface area contributed by atoms with Gasteiger partial charge < -0.3 is 19.1 Å². The largest absolute Gasteiger partial charge is 0.495 e. The van der Waals surface area contributed by atoms with E-state index in [9.17, 15) is 14.0 Å². The second-order valence-electron chi connectivity index (χ2n) is 4.75. The first kappa shape index (κ1) is 18.7. The van der Waals surface area contributed by atoms with Gasteiger partial charge in [0.1, 0.15) is 17.3 Å². The molecule has 0 radical (unpaired) electrons. The lowest BCUT2D eigenvalue weighted by Gasteiger charge is -2.24. The molecule has 1 aromatic rings. The highest BCUT2D eigenvalue weighted by Gasteiger charge is 2.29. The molecule has 1 heterocycles. The van der Waals surface area contributed by atoms with E-state index < -0.39 is 17.8 Å². The fourth-order valence-corrected chi connectivity index (χ4v) is 2.69. The Balaban J connectivity index is 2.73. The Morgan fingerprint density at radius 2 is 1.76 bits per heavy atom. The number of methoxy groups -OCH3 is 3. The fraction of sp³-hybridized carbons (Fsp3) is 0.176. The molecule has 25 heavy (non-hydrogen) atoms. The van der Waals surface area contributed by atoms with Gasteiger partial charge in [-0.25, -0.2) is 14.0 Å². The van der Waals surface area contributed by atoms with Gasteiger partial charge in [-0.15, -0.1) is 0 Å². The van der Waals surface area contributed by atoms with Crippen LogP contribution in [0.1, 0.15) is 0 Å². The first-order valence-electron chi connectivity index (χ1n) is 7.02. The molecule has 1 aromatic carbocycles. The number of benzene rings is 1. The molecular weight excluding hydrogens is 397 g/mol. The lowest BCUT2D eigenvalue weighted by molar-refractivity contribution is -0.139. The smallest absolute Gasteiger partial charge is 0.355 e. The van der Waals surface area contributed by atoms with E-state index in [0.29, 0.717) is 10.2 Å². The zero-order valence-electron chi connectivity index (χ0n) is 13.7. The van der Waals surface area contributed by atoms with Gasteiger partial charge in [0.25, 0.3) is 0 Å². The number of allylic oxidation sites excluding steroid dienone is 2. The van der Waals surface area contributed by atoms with Gasteiger partial charge in [0.15, 0.2) is 0 Å². The standard InChI is InChI=1S/C17H15BrFNO5/c1-23-14-9-13(12(19)8-11(14)18)20-7-5-4-6-10(16(21)24-2)15(20)17(22)25-3/h4-9H,1-3H3. The van der Waals surface area contributed by atoms with Gasteiger partial charge in [0.05, 0.1) is 37.1 Å². The molecule has 0 fully saturated rings. The molecule has 0 aliphatic carbocycles. The van der Waals surface area contributed by atoms with Crippen LogP contribution in [0.5, 0.6) is 5.75 Å². The number of ether oxygens (including phenoxy) is 3. The minimum Gasteiger partial charge on any atom is -0.495 e. The third-order valence-corrected chi connectivity index (χ3v) is 3.99. The Kier molecular flexibility index (Phi) is 5.97. The Morgan fingerprint density at radius 3 is 2.36 bits per heavy atom. The van der Waals surface area contributed by atoms with Crippen molar-refractivity contribution in [3.8, 4) is 5.75 Å². The van der Waals surface area contributed by atoms with E-state index in [-0.39, 0.29) is 17.0 Å². The minimum absolute atomic E-state index is 0.00167. The SMILES string of the molecule is COC(=O)C1=C(C(=O)OC)N(c2cc(OC)c(Br)cc2F)C=CC=C1. The number of hydrogen-bond donors (Lipinski definition) is 0. The maximum Gasteiger partial charge on any atom is 0.355 e. The van der Waals surface area contributed by atoms with E-state index in [1.165, 1.54) is 56.7 Å². The molecule has 1 aliphatic heterocycles. The molecule has 1 aliphatic rings. The zero-order valence-corrected chi connectivity index (χ0v) is 15.3. The quantitative estimate of drug-likeness (QED) is 0.709. The molecule has 0 aromatic heterocycles. The first-order valence-corrected chi connectivity index (χ1v) is 7.82. The van der Waals surface area contributed by atoms with Crippen molar-refractivity contribution in [3.63, 3.8) is 0 Å². The van der Waals surface area contributed by atoms with Crippen LogP contribution < -0.4 is 9.64 Å².